The average Bonchev–Trinajstić information content (AvgIpc) is 3.44. The standard InChI is InChI=1S/C23H17ClN2O6S/c1-2-30-19-12-15(11-18-23(27)32-22(25-18)20-4-3-9-33-20)10-17(24)21(19)31-13-14-5-7-16(8-6-14)26(28)29/h3-12H,2,13H2,1H3. The van der Waals surface area contributed by atoms with Gasteiger partial charge in [-0.3, -0.25) is 10.1 Å². The van der Waals surface area contributed by atoms with Gasteiger partial charge in [-0.2, -0.15) is 0 Å². The summed E-state index contributed by atoms with van der Waals surface area (Å²) in [5.41, 5.74) is 1.47. The summed E-state index contributed by atoms with van der Waals surface area (Å²) in [4.78, 5) is 27.6. The topological polar surface area (TPSA) is 100 Å². The van der Waals surface area contributed by atoms with Gasteiger partial charge in [0.25, 0.3) is 5.69 Å². The number of thiophene rings is 1. The number of hydrogen-bond acceptors (Lipinski definition) is 8. The van der Waals surface area contributed by atoms with Gasteiger partial charge in [0.2, 0.25) is 5.90 Å². The summed E-state index contributed by atoms with van der Waals surface area (Å²) in [6.45, 7) is 2.33. The molecule has 2 aromatic carbocycles. The molecule has 0 saturated heterocycles. The van der Waals surface area contributed by atoms with Crippen molar-refractivity contribution >= 4 is 46.6 Å². The van der Waals surface area contributed by atoms with Crippen LogP contribution in [0.25, 0.3) is 6.08 Å². The second-order valence-corrected chi connectivity index (χ2v) is 8.14. The van der Waals surface area contributed by atoms with Crippen molar-refractivity contribution in [2.24, 2.45) is 4.99 Å². The molecule has 1 aromatic heterocycles. The Labute approximate surface area is 197 Å². The Hall–Kier alpha value is -3.69. The van der Waals surface area contributed by atoms with Gasteiger partial charge in [-0.15, -0.1) is 11.3 Å². The van der Waals surface area contributed by atoms with E-state index < -0.39 is 10.9 Å². The maximum absolute atomic E-state index is 12.2. The van der Waals surface area contributed by atoms with Crippen molar-refractivity contribution < 1.29 is 23.9 Å². The lowest BCUT2D eigenvalue weighted by atomic mass is 10.1. The van der Waals surface area contributed by atoms with Crippen molar-refractivity contribution in [2.45, 2.75) is 13.5 Å². The molecular formula is C23H17ClN2O6S. The predicted molar refractivity (Wildman–Crippen MR) is 125 cm³/mol. The molecule has 33 heavy (non-hydrogen) atoms. The van der Waals surface area contributed by atoms with Crippen molar-refractivity contribution in [3.05, 3.63) is 90.7 Å². The number of halogens is 1. The predicted octanol–water partition coefficient (Wildman–Crippen LogP) is 5.63. The number of ether oxygens (including phenoxy) is 3. The summed E-state index contributed by atoms with van der Waals surface area (Å²) >= 11 is 7.88. The Morgan fingerprint density at radius 3 is 2.67 bits per heavy atom. The van der Waals surface area contributed by atoms with E-state index in [1.807, 2.05) is 24.4 Å². The van der Waals surface area contributed by atoms with Crippen LogP contribution in [-0.4, -0.2) is 23.4 Å². The summed E-state index contributed by atoms with van der Waals surface area (Å²) in [5.74, 6) is 0.440. The lowest BCUT2D eigenvalue weighted by Crippen LogP contribution is -2.03. The van der Waals surface area contributed by atoms with Crippen molar-refractivity contribution in [3.8, 4) is 11.5 Å². The van der Waals surface area contributed by atoms with Gasteiger partial charge in [0.15, 0.2) is 17.2 Å². The van der Waals surface area contributed by atoms with Crippen LogP contribution in [-0.2, 0) is 16.1 Å². The normalized spacial score (nSPS) is 14.2. The molecule has 0 fully saturated rings. The highest BCUT2D eigenvalue weighted by atomic mass is 35.5. The first-order chi connectivity index (χ1) is 15.9. The smallest absolute Gasteiger partial charge is 0.363 e. The number of rotatable bonds is 8. The first-order valence-electron chi connectivity index (χ1n) is 9.83. The first kappa shape index (κ1) is 22.5. The van der Waals surface area contributed by atoms with Crippen molar-refractivity contribution in [2.75, 3.05) is 6.61 Å². The van der Waals surface area contributed by atoms with Crippen LogP contribution in [0, 0.1) is 10.1 Å². The van der Waals surface area contributed by atoms with Gasteiger partial charge in [-0.1, -0.05) is 17.7 Å². The van der Waals surface area contributed by atoms with E-state index >= 15 is 0 Å². The molecule has 0 unspecified atom stereocenters. The van der Waals surface area contributed by atoms with E-state index in [4.69, 9.17) is 25.8 Å². The minimum atomic E-state index is -0.550. The van der Waals surface area contributed by atoms with Gasteiger partial charge in [-0.25, -0.2) is 9.79 Å². The molecule has 0 radical (unpaired) electrons. The summed E-state index contributed by atoms with van der Waals surface area (Å²) in [5, 5.41) is 13.0. The summed E-state index contributed by atoms with van der Waals surface area (Å²) in [6, 6.07) is 13.0. The van der Waals surface area contributed by atoms with E-state index in [-0.39, 0.29) is 28.9 Å². The number of carbonyl (C=O) groups is 1. The number of esters is 1. The third-order valence-corrected chi connectivity index (χ3v) is 5.66. The molecule has 4 rings (SSSR count). The maximum Gasteiger partial charge on any atom is 0.363 e. The van der Waals surface area contributed by atoms with Crippen LogP contribution in [0.3, 0.4) is 0 Å². The molecule has 168 valence electrons. The number of benzene rings is 2. The average molecular weight is 485 g/mol. The van der Waals surface area contributed by atoms with Gasteiger partial charge in [0, 0.05) is 12.1 Å². The van der Waals surface area contributed by atoms with Crippen LogP contribution >= 0.6 is 22.9 Å². The molecule has 2 heterocycles. The molecule has 0 atom stereocenters. The first-order valence-corrected chi connectivity index (χ1v) is 11.1. The zero-order chi connectivity index (χ0) is 23.4. The Morgan fingerprint density at radius 1 is 1.21 bits per heavy atom. The molecule has 0 bridgehead atoms. The highest BCUT2D eigenvalue weighted by Crippen LogP contribution is 2.38. The lowest BCUT2D eigenvalue weighted by molar-refractivity contribution is -0.384. The molecule has 0 saturated carbocycles. The number of aliphatic imine (C=N–C) groups is 1. The number of cyclic esters (lactones) is 1. The zero-order valence-corrected chi connectivity index (χ0v) is 18.9. The number of nitro groups is 1. The van der Waals surface area contributed by atoms with E-state index in [1.165, 1.54) is 23.5 Å². The minimum absolute atomic E-state index is 0.000451. The van der Waals surface area contributed by atoms with Crippen LogP contribution in [0.1, 0.15) is 22.9 Å². The molecule has 0 aliphatic carbocycles. The number of hydrogen-bond donors (Lipinski definition) is 0. The lowest BCUT2D eigenvalue weighted by Gasteiger charge is -2.14. The highest BCUT2D eigenvalue weighted by molar-refractivity contribution is 7.12. The third kappa shape index (κ3) is 5.21. The zero-order valence-electron chi connectivity index (χ0n) is 17.3. The van der Waals surface area contributed by atoms with E-state index in [9.17, 15) is 14.9 Å². The van der Waals surface area contributed by atoms with Crippen LogP contribution in [0.2, 0.25) is 5.02 Å². The van der Waals surface area contributed by atoms with Crippen LogP contribution in [0.5, 0.6) is 11.5 Å². The number of nitrogens with zero attached hydrogens (tertiary/aromatic N) is 2. The van der Waals surface area contributed by atoms with Crippen molar-refractivity contribution in [1.29, 1.82) is 0 Å². The van der Waals surface area contributed by atoms with Crippen LogP contribution in [0.15, 0.2) is 64.6 Å². The molecule has 0 amide bonds. The second kappa shape index (κ2) is 9.85. The molecule has 0 N–H and O–H groups in total. The van der Waals surface area contributed by atoms with E-state index in [0.29, 0.717) is 23.7 Å². The van der Waals surface area contributed by atoms with Crippen molar-refractivity contribution in [3.63, 3.8) is 0 Å². The Morgan fingerprint density at radius 2 is 2.00 bits per heavy atom. The second-order valence-electron chi connectivity index (χ2n) is 6.79. The Bertz CT molecular complexity index is 1250. The SMILES string of the molecule is CCOc1cc(C=C2N=C(c3cccs3)OC2=O)cc(Cl)c1OCc1ccc([N+](=O)[O-])cc1. The molecule has 8 nitrogen and oxygen atoms in total. The molecule has 3 aromatic rings. The van der Waals surface area contributed by atoms with Crippen LogP contribution < -0.4 is 9.47 Å². The Kier molecular flexibility index (Phi) is 6.71. The fourth-order valence-corrected chi connectivity index (χ4v) is 3.94. The van der Waals surface area contributed by atoms with Crippen LogP contribution in [0.4, 0.5) is 5.69 Å². The summed E-state index contributed by atoms with van der Waals surface area (Å²) in [7, 11) is 0. The fourth-order valence-electron chi connectivity index (χ4n) is 3.02. The molecule has 1 aliphatic heterocycles. The number of nitro benzene ring substituents is 1. The fraction of sp³-hybridized carbons (Fsp3) is 0.130. The van der Waals surface area contributed by atoms with Gasteiger partial charge in [0.05, 0.1) is 21.4 Å². The quantitative estimate of drug-likeness (QED) is 0.178. The van der Waals surface area contributed by atoms with E-state index in [2.05, 4.69) is 4.99 Å². The monoisotopic (exact) mass is 484 g/mol. The minimum Gasteiger partial charge on any atom is -0.490 e. The number of carbonyl (C=O) groups excluding carboxylic acids is 1. The molecule has 1 aliphatic rings. The van der Waals surface area contributed by atoms with Gasteiger partial charge in [-0.05, 0) is 59.8 Å². The number of non-ortho nitro benzene ring substituents is 1. The third-order valence-electron chi connectivity index (χ3n) is 4.52. The molecule has 10 heteroatoms. The largest absolute Gasteiger partial charge is 0.490 e. The van der Waals surface area contributed by atoms with Crippen molar-refractivity contribution in [1.82, 2.24) is 0 Å². The summed E-state index contributed by atoms with van der Waals surface area (Å²) in [6.07, 6.45) is 1.57. The van der Waals surface area contributed by atoms with Gasteiger partial charge in [0.1, 0.15) is 6.61 Å². The summed E-state index contributed by atoms with van der Waals surface area (Å²) < 4.78 is 16.8. The van der Waals surface area contributed by atoms with Gasteiger partial charge < -0.3 is 14.2 Å². The highest BCUT2D eigenvalue weighted by Gasteiger charge is 2.25. The van der Waals surface area contributed by atoms with Gasteiger partial charge >= 0.3 is 5.97 Å². The molecular weight excluding hydrogens is 468 g/mol. The molecule has 0 spiro atoms. The Balaban J connectivity index is 1.57. The van der Waals surface area contributed by atoms with E-state index in [0.717, 1.165) is 10.4 Å². The maximum atomic E-state index is 12.2. The van der Waals surface area contributed by atoms with E-state index in [1.54, 1.807) is 30.3 Å².